The van der Waals surface area contributed by atoms with E-state index >= 15 is 0 Å². The minimum atomic E-state index is -1.05. The van der Waals surface area contributed by atoms with Gasteiger partial charge in [0.15, 0.2) is 6.04 Å². The number of aromatic nitrogens is 3. The highest BCUT2D eigenvalue weighted by atomic mass is 16.5. The van der Waals surface area contributed by atoms with Crippen LogP contribution in [0.4, 0.5) is 5.69 Å². The molecule has 0 bridgehead atoms. The number of carboxylic acids is 1. The van der Waals surface area contributed by atoms with Crippen LogP contribution in [-0.2, 0) is 17.6 Å². The second-order valence-corrected chi connectivity index (χ2v) is 5.44. The molecular formula is C15H18N4O3. The number of hydroxylamine groups is 1. The Morgan fingerprint density at radius 2 is 2.18 bits per heavy atom. The van der Waals surface area contributed by atoms with Crippen LogP contribution < -0.4 is 5.06 Å². The van der Waals surface area contributed by atoms with Crippen LogP contribution in [0.1, 0.15) is 31.0 Å². The van der Waals surface area contributed by atoms with Gasteiger partial charge in [0.1, 0.15) is 0 Å². The molecule has 2 aromatic rings. The Kier molecular flexibility index (Phi) is 3.81. The predicted molar refractivity (Wildman–Crippen MR) is 79.4 cm³/mol. The summed E-state index contributed by atoms with van der Waals surface area (Å²) in [6, 6.07) is 4.38. The molecule has 1 aromatic heterocycles. The first-order valence-corrected chi connectivity index (χ1v) is 7.36. The molecule has 2 heterocycles. The van der Waals surface area contributed by atoms with Crippen molar-refractivity contribution in [3.8, 4) is 5.69 Å². The van der Waals surface area contributed by atoms with Crippen LogP contribution in [0.25, 0.3) is 5.69 Å². The molecule has 0 aliphatic carbocycles. The topological polar surface area (TPSA) is 91.5 Å². The molecule has 1 unspecified atom stereocenters. The summed E-state index contributed by atoms with van der Waals surface area (Å²) < 4.78 is 1.65. The van der Waals surface area contributed by atoms with Gasteiger partial charge >= 0.3 is 5.97 Å². The predicted octanol–water partition coefficient (Wildman–Crippen LogP) is 1.81. The van der Waals surface area contributed by atoms with Crippen LogP contribution in [0.3, 0.4) is 0 Å². The van der Waals surface area contributed by atoms with E-state index in [1.54, 1.807) is 16.8 Å². The van der Waals surface area contributed by atoms with E-state index in [1.165, 1.54) is 0 Å². The van der Waals surface area contributed by atoms with Crippen LogP contribution in [0.5, 0.6) is 0 Å². The molecule has 0 saturated carbocycles. The lowest BCUT2D eigenvalue weighted by molar-refractivity contribution is -0.139. The van der Waals surface area contributed by atoms with E-state index in [4.69, 9.17) is 0 Å². The van der Waals surface area contributed by atoms with Crippen LogP contribution >= 0.6 is 0 Å². The number of hydrogen-bond acceptors (Lipinski definition) is 5. The van der Waals surface area contributed by atoms with E-state index in [0.29, 0.717) is 5.69 Å². The maximum atomic E-state index is 11.2. The fourth-order valence-corrected chi connectivity index (χ4v) is 2.73. The molecule has 2 N–H and O–H groups in total. The summed E-state index contributed by atoms with van der Waals surface area (Å²) in [6.07, 6.45) is 5.11. The lowest BCUT2D eigenvalue weighted by Crippen LogP contribution is -2.35. The Bertz CT molecular complexity index is 698. The number of aliphatic carboxylic acids is 1. The third kappa shape index (κ3) is 2.43. The van der Waals surface area contributed by atoms with E-state index in [-0.39, 0.29) is 6.42 Å². The van der Waals surface area contributed by atoms with E-state index in [9.17, 15) is 15.1 Å². The second-order valence-electron chi connectivity index (χ2n) is 5.44. The van der Waals surface area contributed by atoms with Gasteiger partial charge in [-0.2, -0.15) is 0 Å². The molecule has 0 amide bonds. The van der Waals surface area contributed by atoms with Crippen molar-refractivity contribution in [3.05, 3.63) is 35.7 Å². The molecule has 1 aromatic carbocycles. The van der Waals surface area contributed by atoms with Crippen molar-refractivity contribution in [2.75, 3.05) is 5.06 Å². The first-order valence-electron chi connectivity index (χ1n) is 7.36. The first-order chi connectivity index (χ1) is 10.6. The number of hydrogen-bond donors (Lipinski definition) is 2. The zero-order chi connectivity index (χ0) is 15.7. The Morgan fingerprint density at radius 3 is 2.91 bits per heavy atom. The highest BCUT2D eigenvalue weighted by Gasteiger charge is 2.35. The van der Waals surface area contributed by atoms with Crippen LogP contribution in [-0.4, -0.2) is 37.3 Å². The monoisotopic (exact) mass is 302 g/mol. The van der Waals surface area contributed by atoms with Gasteiger partial charge in [0.05, 0.1) is 23.3 Å². The smallest absolute Gasteiger partial charge is 0.329 e. The molecule has 7 nitrogen and oxygen atoms in total. The Labute approximate surface area is 127 Å². The molecule has 3 rings (SSSR count). The van der Waals surface area contributed by atoms with Gasteiger partial charge in [-0.1, -0.05) is 24.6 Å². The third-order valence-electron chi connectivity index (χ3n) is 3.93. The number of carbonyl (C=O) groups is 1. The molecule has 1 aliphatic heterocycles. The minimum absolute atomic E-state index is 0.238. The lowest BCUT2D eigenvalue weighted by Gasteiger charge is -2.15. The number of unbranched alkanes of at least 4 members (excludes halogenated alkanes) is 1. The number of carboxylic acid groups (broad SMARTS) is 1. The van der Waals surface area contributed by atoms with Gasteiger partial charge in [0, 0.05) is 12.0 Å². The molecule has 116 valence electrons. The summed E-state index contributed by atoms with van der Waals surface area (Å²) in [5.74, 6) is -1.05. The van der Waals surface area contributed by atoms with E-state index in [2.05, 4.69) is 17.2 Å². The van der Waals surface area contributed by atoms with Gasteiger partial charge in [0.2, 0.25) is 0 Å². The van der Waals surface area contributed by atoms with E-state index in [0.717, 1.165) is 41.3 Å². The van der Waals surface area contributed by atoms with Gasteiger partial charge in [-0.25, -0.2) is 14.5 Å². The summed E-state index contributed by atoms with van der Waals surface area (Å²) in [5.41, 5.74) is 2.95. The average Bonchev–Trinajstić information content (AvgIpc) is 3.10. The van der Waals surface area contributed by atoms with Crippen molar-refractivity contribution in [2.24, 2.45) is 0 Å². The number of anilines is 1. The van der Waals surface area contributed by atoms with Gasteiger partial charge in [-0.05, 0) is 25.0 Å². The summed E-state index contributed by atoms with van der Waals surface area (Å²) >= 11 is 0. The normalized spacial score (nSPS) is 16.8. The summed E-state index contributed by atoms with van der Waals surface area (Å²) in [7, 11) is 0. The maximum absolute atomic E-state index is 11.2. The molecule has 0 saturated heterocycles. The Balaban J connectivity index is 1.94. The molecular weight excluding hydrogens is 284 g/mol. The lowest BCUT2D eigenvalue weighted by atomic mass is 10.1. The van der Waals surface area contributed by atoms with Crippen molar-refractivity contribution in [3.63, 3.8) is 0 Å². The molecule has 22 heavy (non-hydrogen) atoms. The Morgan fingerprint density at radius 1 is 1.41 bits per heavy atom. The summed E-state index contributed by atoms with van der Waals surface area (Å²) in [6.45, 7) is 2.12. The SMILES string of the molecule is CCCCc1cn(-c2cccc3c2CC(C(=O)O)N3O)nn1. The zero-order valence-corrected chi connectivity index (χ0v) is 12.3. The number of benzene rings is 1. The molecule has 0 spiro atoms. The van der Waals surface area contributed by atoms with Crippen molar-refractivity contribution >= 4 is 11.7 Å². The third-order valence-corrected chi connectivity index (χ3v) is 3.93. The fraction of sp³-hybridized carbons (Fsp3) is 0.400. The molecule has 1 aliphatic rings. The van der Waals surface area contributed by atoms with Gasteiger partial charge < -0.3 is 5.11 Å². The highest BCUT2D eigenvalue weighted by molar-refractivity contribution is 5.82. The van der Waals surface area contributed by atoms with Crippen molar-refractivity contribution in [1.82, 2.24) is 15.0 Å². The Hall–Kier alpha value is -2.41. The van der Waals surface area contributed by atoms with E-state index < -0.39 is 12.0 Å². The van der Waals surface area contributed by atoms with Crippen LogP contribution in [0.2, 0.25) is 0 Å². The molecule has 1 atom stereocenters. The van der Waals surface area contributed by atoms with Crippen LogP contribution in [0, 0.1) is 0 Å². The van der Waals surface area contributed by atoms with Crippen LogP contribution in [0.15, 0.2) is 24.4 Å². The standard InChI is InChI=1S/C15H18N4O3/c1-2-3-5-10-9-18(17-16-10)12-6-4-7-13-11(12)8-14(15(20)21)19(13)22/h4,6-7,9,14,22H,2-3,5,8H2,1H3,(H,20,21). The summed E-state index contributed by atoms with van der Waals surface area (Å²) in [4.78, 5) is 11.2. The summed E-state index contributed by atoms with van der Waals surface area (Å²) in [5, 5.41) is 28.3. The maximum Gasteiger partial charge on any atom is 0.329 e. The van der Waals surface area contributed by atoms with Gasteiger partial charge in [0.25, 0.3) is 0 Å². The molecule has 0 radical (unpaired) electrons. The number of aryl methyl sites for hydroxylation is 1. The second kappa shape index (κ2) is 5.76. The van der Waals surface area contributed by atoms with Gasteiger partial charge in [-0.15, -0.1) is 5.10 Å². The zero-order valence-electron chi connectivity index (χ0n) is 12.3. The number of nitrogens with zero attached hydrogens (tertiary/aromatic N) is 4. The highest BCUT2D eigenvalue weighted by Crippen LogP contribution is 2.34. The van der Waals surface area contributed by atoms with Crippen molar-refractivity contribution in [1.29, 1.82) is 0 Å². The largest absolute Gasteiger partial charge is 0.480 e. The minimum Gasteiger partial charge on any atom is -0.480 e. The quantitative estimate of drug-likeness (QED) is 0.875. The van der Waals surface area contributed by atoms with Crippen molar-refractivity contribution in [2.45, 2.75) is 38.6 Å². The number of fused-ring (bicyclic) bond motifs is 1. The average molecular weight is 302 g/mol. The molecule has 7 heteroatoms. The van der Waals surface area contributed by atoms with Gasteiger partial charge in [-0.3, -0.25) is 5.21 Å². The van der Waals surface area contributed by atoms with E-state index in [1.807, 2.05) is 12.3 Å². The fourth-order valence-electron chi connectivity index (χ4n) is 2.73. The number of rotatable bonds is 5. The van der Waals surface area contributed by atoms with Crippen molar-refractivity contribution < 1.29 is 15.1 Å². The first kappa shape index (κ1) is 14.5. The molecule has 0 fully saturated rings.